The number of benzene rings is 1. The molecule has 0 saturated carbocycles. The average molecular weight is 372 g/mol. The standard InChI is InChI=1S/C20H22F2N4O/c1-5-27-18-9-16-17(10-23-18)25-13(4)26-20(16)24-12(3)14-7-6-8-15(11(14)2)19(21)22/h6-10,12,19H,5H2,1-4H3,(H,24,25,26)/t12-/m1/s1. The van der Waals surface area contributed by atoms with Gasteiger partial charge in [0.25, 0.3) is 6.43 Å². The average Bonchev–Trinajstić information content (AvgIpc) is 2.62. The number of halogens is 2. The quantitative estimate of drug-likeness (QED) is 0.648. The van der Waals surface area contributed by atoms with Crippen molar-refractivity contribution in [3.8, 4) is 5.88 Å². The molecule has 2 aromatic heterocycles. The fourth-order valence-electron chi connectivity index (χ4n) is 3.13. The zero-order chi connectivity index (χ0) is 19.6. The van der Waals surface area contributed by atoms with Crippen molar-refractivity contribution in [1.82, 2.24) is 15.0 Å². The first kappa shape index (κ1) is 18.9. The zero-order valence-electron chi connectivity index (χ0n) is 15.8. The van der Waals surface area contributed by atoms with Crippen LogP contribution in [0.25, 0.3) is 10.9 Å². The summed E-state index contributed by atoms with van der Waals surface area (Å²) < 4.78 is 31.9. The molecule has 5 nitrogen and oxygen atoms in total. The van der Waals surface area contributed by atoms with E-state index in [1.165, 1.54) is 6.07 Å². The van der Waals surface area contributed by atoms with Crippen LogP contribution in [0.1, 0.15) is 48.8 Å². The largest absolute Gasteiger partial charge is 0.478 e. The van der Waals surface area contributed by atoms with E-state index in [1.54, 1.807) is 32.2 Å². The fraction of sp³-hybridized carbons (Fsp3) is 0.350. The minimum absolute atomic E-state index is 0.0488. The van der Waals surface area contributed by atoms with Gasteiger partial charge in [-0.3, -0.25) is 0 Å². The van der Waals surface area contributed by atoms with E-state index < -0.39 is 6.43 Å². The Kier molecular flexibility index (Phi) is 5.48. The third-order valence-electron chi connectivity index (χ3n) is 4.43. The summed E-state index contributed by atoms with van der Waals surface area (Å²) in [5, 5.41) is 4.11. The topological polar surface area (TPSA) is 59.9 Å². The lowest BCUT2D eigenvalue weighted by molar-refractivity contribution is 0.150. The molecule has 1 N–H and O–H groups in total. The van der Waals surface area contributed by atoms with Crippen LogP contribution in [0.15, 0.2) is 30.5 Å². The van der Waals surface area contributed by atoms with E-state index in [2.05, 4.69) is 20.3 Å². The Bertz CT molecular complexity index is 962. The van der Waals surface area contributed by atoms with Crippen LogP contribution in [0.3, 0.4) is 0 Å². The van der Waals surface area contributed by atoms with E-state index in [1.807, 2.05) is 19.9 Å². The zero-order valence-corrected chi connectivity index (χ0v) is 15.8. The molecule has 7 heteroatoms. The van der Waals surface area contributed by atoms with Gasteiger partial charge in [-0.1, -0.05) is 18.2 Å². The van der Waals surface area contributed by atoms with Crippen LogP contribution in [0, 0.1) is 13.8 Å². The first-order valence-corrected chi connectivity index (χ1v) is 8.82. The van der Waals surface area contributed by atoms with E-state index in [-0.39, 0.29) is 11.6 Å². The van der Waals surface area contributed by atoms with Gasteiger partial charge < -0.3 is 10.1 Å². The maximum absolute atomic E-state index is 13.2. The van der Waals surface area contributed by atoms with E-state index in [9.17, 15) is 8.78 Å². The Morgan fingerprint density at radius 3 is 2.59 bits per heavy atom. The normalized spacial score (nSPS) is 12.4. The highest BCUT2D eigenvalue weighted by Gasteiger charge is 2.18. The minimum atomic E-state index is -2.50. The molecule has 0 unspecified atom stereocenters. The molecule has 0 saturated heterocycles. The van der Waals surface area contributed by atoms with Crippen LogP contribution in [0.5, 0.6) is 5.88 Å². The van der Waals surface area contributed by atoms with Gasteiger partial charge >= 0.3 is 0 Å². The number of aryl methyl sites for hydroxylation is 1. The molecule has 0 spiro atoms. The van der Waals surface area contributed by atoms with Crippen LogP contribution < -0.4 is 10.1 Å². The van der Waals surface area contributed by atoms with Crippen molar-refractivity contribution >= 4 is 16.7 Å². The van der Waals surface area contributed by atoms with Crippen molar-refractivity contribution in [2.45, 2.75) is 40.2 Å². The summed E-state index contributed by atoms with van der Waals surface area (Å²) in [4.78, 5) is 13.1. The summed E-state index contributed by atoms with van der Waals surface area (Å²) in [6.07, 6.45) is -0.854. The van der Waals surface area contributed by atoms with Gasteiger partial charge in [0, 0.05) is 17.0 Å². The number of anilines is 1. The molecule has 0 fully saturated rings. The molecular weight excluding hydrogens is 350 g/mol. The summed E-state index contributed by atoms with van der Waals surface area (Å²) in [5.74, 6) is 1.71. The molecule has 3 aromatic rings. The highest BCUT2D eigenvalue weighted by Crippen LogP contribution is 2.31. The number of nitrogens with one attached hydrogen (secondary N) is 1. The van der Waals surface area contributed by atoms with Crippen LogP contribution in [-0.4, -0.2) is 21.6 Å². The molecule has 0 aliphatic carbocycles. The Hall–Kier alpha value is -2.83. The molecule has 0 bridgehead atoms. The minimum Gasteiger partial charge on any atom is -0.478 e. The van der Waals surface area contributed by atoms with E-state index in [0.29, 0.717) is 35.2 Å². The molecule has 3 rings (SSSR count). The predicted octanol–water partition coefficient (Wildman–Crippen LogP) is 5.15. The first-order chi connectivity index (χ1) is 12.9. The van der Waals surface area contributed by atoms with Crippen LogP contribution in [0.2, 0.25) is 0 Å². The number of ether oxygens (including phenoxy) is 1. The van der Waals surface area contributed by atoms with Crippen molar-refractivity contribution in [3.63, 3.8) is 0 Å². The maximum atomic E-state index is 13.2. The third kappa shape index (κ3) is 3.97. The molecule has 0 aliphatic heterocycles. The second-order valence-corrected chi connectivity index (χ2v) is 6.32. The van der Waals surface area contributed by atoms with Crippen molar-refractivity contribution in [1.29, 1.82) is 0 Å². The second-order valence-electron chi connectivity index (χ2n) is 6.32. The van der Waals surface area contributed by atoms with Crippen molar-refractivity contribution in [2.24, 2.45) is 0 Å². The molecule has 1 aromatic carbocycles. The molecule has 27 heavy (non-hydrogen) atoms. The number of rotatable bonds is 6. The van der Waals surface area contributed by atoms with Crippen molar-refractivity contribution < 1.29 is 13.5 Å². The number of hydrogen-bond donors (Lipinski definition) is 1. The highest BCUT2D eigenvalue weighted by atomic mass is 19.3. The van der Waals surface area contributed by atoms with Gasteiger partial charge in [0.1, 0.15) is 11.6 Å². The Morgan fingerprint density at radius 1 is 1.15 bits per heavy atom. The van der Waals surface area contributed by atoms with Gasteiger partial charge in [-0.05, 0) is 38.8 Å². The van der Waals surface area contributed by atoms with Gasteiger partial charge in [-0.2, -0.15) is 0 Å². The maximum Gasteiger partial charge on any atom is 0.264 e. The molecule has 0 aliphatic rings. The smallest absolute Gasteiger partial charge is 0.264 e. The van der Waals surface area contributed by atoms with E-state index >= 15 is 0 Å². The van der Waals surface area contributed by atoms with Crippen LogP contribution >= 0.6 is 0 Å². The SMILES string of the molecule is CCOc1cc2c(N[C@H](C)c3cccc(C(F)F)c3C)nc(C)nc2cn1. The van der Waals surface area contributed by atoms with E-state index in [4.69, 9.17) is 4.74 Å². The third-order valence-corrected chi connectivity index (χ3v) is 4.43. The first-order valence-electron chi connectivity index (χ1n) is 8.82. The number of alkyl halides is 2. The summed E-state index contributed by atoms with van der Waals surface area (Å²) in [5.41, 5.74) is 2.13. The summed E-state index contributed by atoms with van der Waals surface area (Å²) in [7, 11) is 0. The summed E-state index contributed by atoms with van der Waals surface area (Å²) in [6.45, 7) is 7.83. The number of aromatic nitrogens is 3. The second kappa shape index (κ2) is 7.82. The fourth-order valence-corrected chi connectivity index (χ4v) is 3.13. The van der Waals surface area contributed by atoms with Gasteiger partial charge in [-0.15, -0.1) is 0 Å². The summed E-state index contributed by atoms with van der Waals surface area (Å²) in [6, 6.07) is 6.53. The number of nitrogens with zero attached hydrogens (tertiary/aromatic N) is 3. The Labute approximate surface area is 156 Å². The lowest BCUT2D eigenvalue weighted by atomic mass is 9.97. The number of fused-ring (bicyclic) bond motifs is 1. The Balaban J connectivity index is 2.01. The van der Waals surface area contributed by atoms with Crippen molar-refractivity contribution in [2.75, 3.05) is 11.9 Å². The molecule has 0 amide bonds. The lowest BCUT2D eigenvalue weighted by Crippen LogP contribution is -2.12. The predicted molar refractivity (Wildman–Crippen MR) is 101 cm³/mol. The Morgan fingerprint density at radius 2 is 1.89 bits per heavy atom. The van der Waals surface area contributed by atoms with E-state index in [0.717, 1.165) is 10.9 Å². The molecule has 142 valence electrons. The van der Waals surface area contributed by atoms with Gasteiger partial charge in [0.2, 0.25) is 5.88 Å². The van der Waals surface area contributed by atoms with Gasteiger partial charge in [0.05, 0.1) is 24.4 Å². The van der Waals surface area contributed by atoms with Crippen LogP contribution in [0.4, 0.5) is 14.6 Å². The summed E-state index contributed by atoms with van der Waals surface area (Å²) >= 11 is 0. The van der Waals surface area contributed by atoms with Gasteiger partial charge in [0.15, 0.2) is 0 Å². The molecule has 1 atom stereocenters. The monoisotopic (exact) mass is 372 g/mol. The molecule has 0 radical (unpaired) electrons. The van der Waals surface area contributed by atoms with Crippen LogP contribution in [-0.2, 0) is 0 Å². The van der Waals surface area contributed by atoms with Gasteiger partial charge in [-0.25, -0.2) is 23.7 Å². The highest BCUT2D eigenvalue weighted by molar-refractivity contribution is 5.89. The van der Waals surface area contributed by atoms with Crippen molar-refractivity contribution in [3.05, 3.63) is 53.0 Å². The number of pyridine rings is 1. The molecular formula is C20H22F2N4O. The lowest BCUT2D eigenvalue weighted by Gasteiger charge is -2.20. The molecule has 2 heterocycles. The number of hydrogen-bond acceptors (Lipinski definition) is 5.